The molecule has 0 aliphatic heterocycles. The van der Waals surface area contributed by atoms with Gasteiger partial charge in [0.15, 0.2) is 5.60 Å². The van der Waals surface area contributed by atoms with E-state index in [1.807, 2.05) is 24.3 Å². The lowest BCUT2D eigenvalue weighted by atomic mass is 9.96. The average molecular weight is 524 g/mol. The summed E-state index contributed by atoms with van der Waals surface area (Å²) in [7, 11) is -0.562. The maximum absolute atomic E-state index is 6.92. The van der Waals surface area contributed by atoms with Gasteiger partial charge in [0.1, 0.15) is 34.7 Å². The van der Waals surface area contributed by atoms with Crippen LogP contribution in [0.15, 0.2) is 113 Å². The molecule has 166 valence electrons. The van der Waals surface area contributed by atoms with E-state index in [9.17, 15) is 0 Å². The minimum absolute atomic E-state index is 0. The highest BCUT2D eigenvalue weighted by Gasteiger charge is 2.57. The van der Waals surface area contributed by atoms with Crippen molar-refractivity contribution in [3.63, 3.8) is 0 Å². The Bertz CT molecular complexity index is 990. The lowest BCUT2D eigenvalue weighted by Crippen LogP contribution is -3.00. The molecule has 32 heavy (non-hydrogen) atoms. The van der Waals surface area contributed by atoms with E-state index in [1.54, 1.807) is 13.2 Å². The minimum atomic E-state index is -2.23. The van der Waals surface area contributed by atoms with Crippen molar-refractivity contribution >= 4 is 58.0 Å². The first-order valence-electron chi connectivity index (χ1n) is 10.0. The summed E-state index contributed by atoms with van der Waals surface area (Å²) in [6, 6.07) is 31.8. The van der Waals surface area contributed by atoms with Gasteiger partial charge < -0.3 is 17.1 Å². The first-order valence-corrected chi connectivity index (χ1v) is 13.2. The van der Waals surface area contributed by atoms with E-state index >= 15 is 0 Å². The van der Waals surface area contributed by atoms with Crippen LogP contribution in [0.5, 0.6) is 0 Å². The van der Waals surface area contributed by atoms with Crippen molar-refractivity contribution in [3.8, 4) is 0 Å². The fourth-order valence-electron chi connectivity index (χ4n) is 4.26. The summed E-state index contributed by atoms with van der Waals surface area (Å²) in [5.41, 5.74) is -0.954. The molecule has 6 heteroatoms. The van der Waals surface area contributed by atoms with Crippen molar-refractivity contribution in [2.75, 3.05) is 13.3 Å². The maximum Gasteiger partial charge on any atom is 0.159 e. The van der Waals surface area contributed by atoms with Crippen LogP contribution in [0.25, 0.3) is 0 Å². The molecule has 1 aliphatic carbocycles. The average Bonchev–Trinajstić information content (AvgIpc) is 2.84. The third-order valence-corrected chi connectivity index (χ3v) is 11.8. The Hall–Kier alpha value is -1.31. The summed E-state index contributed by atoms with van der Waals surface area (Å²) in [5, 5.41) is 4.22. The molecular weight excluding hydrogens is 501 g/mol. The third-order valence-electron chi connectivity index (χ3n) is 5.87. The molecule has 1 nitrogen and oxygen atoms in total. The number of allylic oxidation sites excluding steroid dienone is 2. The summed E-state index contributed by atoms with van der Waals surface area (Å²) in [5.74, 6) is 0. The molecule has 0 saturated heterocycles. The summed E-state index contributed by atoms with van der Waals surface area (Å²) in [6.45, 7) is 0. The van der Waals surface area contributed by atoms with Gasteiger partial charge in [-0.25, -0.2) is 0 Å². The van der Waals surface area contributed by atoms with Crippen LogP contribution in [0, 0.1) is 0 Å². The van der Waals surface area contributed by atoms with E-state index in [4.69, 9.17) is 39.5 Å². The number of ether oxygens (including phenoxy) is 1. The van der Waals surface area contributed by atoms with E-state index in [0.29, 0.717) is 16.2 Å². The predicted octanol–water partition coefficient (Wildman–Crippen LogP) is 3.24. The Morgan fingerprint density at radius 3 is 1.53 bits per heavy atom. The molecule has 0 saturated carbocycles. The van der Waals surface area contributed by atoms with E-state index in [2.05, 4.69) is 72.8 Å². The van der Waals surface area contributed by atoms with Gasteiger partial charge in [0.2, 0.25) is 0 Å². The van der Waals surface area contributed by atoms with Gasteiger partial charge in [-0.1, -0.05) is 77.8 Å². The van der Waals surface area contributed by atoms with Crippen LogP contribution in [0.4, 0.5) is 0 Å². The molecule has 2 unspecified atom stereocenters. The molecule has 0 bridgehead atoms. The molecule has 0 amide bonds. The van der Waals surface area contributed by atoms with E-state index < -0.39 is 18.2 Å². The summed E-state index contributed by atoms with van der Waals surface area (Å²) < 4.78 is 6.16. The van der Waals surface area contributed by atoms with E-state index in [-0.39, 0.29) is 12.4 Å². The SMILES string of the molecule is COC1(C[P+](c2ccccc2)(c2ccccc2)c2ccccc2)C(Cl)=CC=C(Cl)C1Cl.[Cl-]. The zero-order chi connectivity index (χ0) is 21.9. The standard InChI is InChI=1S/C26H23Cl3OP.ClH/c1-30-26(24(28)18-17-23(27)25(26)29)19-31(20-11-5-2-6-12-20,21-13-7-3-8-14-21)22-15-9-4-10-16-22;/h2-18,25H,19H2,1H3;1H/q+1;/p-1. The topological polar surface area (TPSA) is 9.23 Å². The van der Waals surface area contributed by atoms with Crippen molar-refractivity contribution < 1.29 is 17.1 Å². The largest absolute Gasteiger partial charge is 1.00 e. The van der Waals surface area contributed by atoms with Gasteiger partial charge in [0.05, 0.1) is 5.03 Å². The Labute approximate surface area is 211 Å². The molecule has 4 rings (SSSR count). The molecule has 0 radical (unpaired) electrons. The number of rotatable bonds is 6. The van der Waals surface area contributed by atoms with Gasteiger partial charge in [-0.15, -0.1) is 11.6 Å². The lowest BCUT2D eigenvalue weighted by molar-refractivity contribution is -0.00000878. The summed E-state index contributed by atoms with van der Waals surface area (Å²) >= 11 is 20.3. The lowest BCUT2D eigenvalue weighted by Gasteiger charge is -2.41. The molecule has 0 N–H and O–H groups in total. The highest BCUT2D eigenvalue weighted by Crippen LogP contribution is 2.60. The highest BCUT2D eigenvalue weighted by molar-refractivity contribution is 7.95. The fraction of sp³-hybridized carbons (Fsp3) is 0.154. The third kappa shape index (κ3) is 4.40. The van der Waals surface area contributed by atoms with Gasteiger partial charge in [-0.2, -0.15) is 0 Å². The van der Waals surface area contributed by atoms with Crippen molar-refractivity contribution in [3.05, 3.63) is 113 Å². The Balaban J connectivity index is 0.00000289. The van der Waals surface area contributed by atoms with E-state index in [0.717, 1.165) is 0 Å². The van der Waals surface area contributed by atoms with Gasteiger partial charge in [-0.3, -0.25) is 0 Å². The monoisotopic (exact) mass is 522 g/mol. The molecule has 0 heterocycles. The first kappa shape index (κ1) is 25.3. The van der Waals surface area contributed by atoms with Crippen molar-refractivity contribution in [2.24, 2.45) is 0 Å². The van der Waals surface area contributed by atoms with Crippen LogP contribution in [0.1, 0.15) is 0 Å². The quantitative estimate of drug-likeness (QED) is 0.356. The Kier molecular flexibility index (Phi) is 8.50. The van der Waals surface area contributed by atoms with E-state index in [1.165, 1.54) is 15.9 Å². The normalized spacial score (nSPS) is 20.7. The number of hydrogen-bond donors (Lipinski definition) is 0. The van der Waals surface area contributed by atoms with Crippen LogP contribution in [0.3, 0.4) is 0 Å². The number of halogens is 4. The second-order valence-corrected chi connectivity index (χ2v) is 12.3. The van der Waals surface area contributed by atoms with Crippen molar-refractivity contribution in [1.82, 2.24) is 0 Å². The predicted molar refractivity (Wildman–Crippen MR) is 137 cm³/mol. The summed E-state index contributed by atoms with van der Waals surface area (Å²) in [6.07, 6.45) is 4.15. The minimum Gasteiger partial charge on any atom is -1.00 e. The second kappa shape index (κ2) is 10.7. The molecule has 0 aromatic heterocycles. The smallest absolute Gasteiger partial charge is 0.159 e. The molecular formula is C26H23Cl4OP. The van der Waals surface area contributed by atoms with Gasteiger partial charge in [0.25, 0.3) is 0 Å². The van der Waals surface area contributed by atoms with Crippen LogP contribution < -0.4 is 28.3 Å². The molecule has 3 aromatic carbocycles. The van der Waals surface area contributed by atoms with Crippen LogP contribution in [-0.2, 0) is 4.74 Å². The first-order chi connectivity index (χ1) is 15.0. The van der Waals surface area contributed by atoms with Crippen molar-refractivity contribution in [2.45, 2.75) is 11.0 Å². The Morgan fingerprint density at radius 1 is 0.750 bits per heavy atom. The highest BCUT2D eigenvalue weighted by atomic mass is 35.5. The zero-order valence-corrected chi connectivity index (χ0v) is 21.4. The molecule has 0 fully saturated rings. The number of alkyl halides is 1. The second-order valence-electron chi connectivity index (χ2n) is 7.50. The molecule has 1 aliphatic rings. The molecule has 3 aromatic rings. The summed E-state index contributed by atoms with van der Waals surface area (Å²) in [4.78, 5) is 0. The van der Waals surface area contributed by atoms with Gasteiger partial charge in [0, 0.05) is 12.1 Å². The van der Waals surface area contributed by atoms with Crippen LogP contribution in [0.2, 0.25) is 0 Å². The van der Waals surface area contributed by atoms with Gasteiger partial charge >= 0.3 is 0 Å². The van der Waals surface area contributed by atoms with Crippen LogP contribution >= 0.6 is 42.1 Å². The number of hydrogen-bond acceptors (Lipinski definition) is 1. The Morgan fingerprint density at radius 2 is 1.16 bits per heavy atom. The molecule has 0 spiro atoms. The van der Waals surface area contributed by atoms with Crippen molar-refractivity contribution in [1.29, 1.82) is 0 Å². The van der Waals surface area contributed by atoms with Crippen LogP contribution in [-0.4, -0.2) is 24.2 Å². The fourth-order valence-corrected chi connectivity index (χ4v) is 10.1. The number of methoxy groups -OCH3 is 1. The molecule has 2 atom stereocenters. The number of benzene rings is 3. The zero-order valence-electron chi connectivity index (χ0n) is 17.5. The van der Waals surface area contributed by atoms with Gasteiger partial charge in [-0.05, 0) is 48.6 Å². The maximum atomic E-state index is 6.92.